The summed E-state index contributed by atoms with van der Waals surface area (Å²) in [5, 5.41) is 14.4. The van der Waals surface area contributed by atoms with Crippen molar-refractivity contribution in [3.05, 3.63) is 81.2 Å². The van der Waals surface area contributed by atoms with Gasteiger partial charge < -0.3 is 9.47 Å². The molecule has 2 heterocycles. The van der Waals surface area contributed by atoms with Gasteiger partial charge in [0.25, 0.3) is 5.91 Å². The summed E-state index contributed by atoms with van der Waals surface area (Å²) in [5.74, 6) is 0.922. The van der Waals surface area contributed by atoms with Crippen LogP contribution >= 0.6 is 22.7 Å². The second-order valence-electron chi connectivity index (χ2n) is 6.88. The maximum Gasteiger partial charge on any atom is 0.324 e. The molecule has 0 bridgehead atoms. The first kappa shape index (κ1) is 22.4. The Morgan fingerprint density at radius 3 is 2.55 bits per heavy atom. The van der Waals surface area contributed by atoms with Gasteiger partial charge in [-0.3, -0.25) is 20.2 Å². The van der Waals surface area contributed by atoms with Crippen LogP contribution in [0.1, 0.15) is 22.2 Å². The number of aryl methyl sites for hydroxylation is 1. The van der Waals surface area contributed by atoms with Gasteiger partial charge >= 0.3 is 5.00 Å². The minimum atomic E-state index is -0.525. The standard InChI is InChI=1S/C23H19N3O5S2/c1-3-30-16-9-7-15(8-10-16)20-22(31-17-6-4-5-14(2)13-17)33-23(24-20)25-21(27)18-11-12-19(32-18)26(28)29/h4-13H,3H2,1-2H3,(H,24,25,27). The lowest BCUT2D eigenvalue weighted by molar-refractivity contribution is -0.380. The Kier molecular flexibility index (Phi) is 6.66. The lowest BCUT2D eigenvalue weighted by Gasteiger charge is -2.07. The minimum absolute atomic E-state index is 0.0992. The average molecular weight is 482 g/mol. The molecule has 1 amide bonds. The van der Waals surface area contributed by atoms with Crippen LogP contribution in [0.15, 0.2) is 60.7 Å². The van der Waals surface area contributed by atoms with Gasteiger partial charge in [-0.1, -0.05) is 34.8 Å². The van der Waals surface area contributed by atoms with Gasteiger partial charge in [0.1, 0.15) is 17.2 Å². The van der Waals surface area contributed by atoms with Crippen LogP contribution < -0.4 is 14.8 Å². The topological polar surface area (TPSA) is 104 Å². The molecule has 4 rings (SSSR count). The van der Waals surface area contributed by atoms with E-state index in [0.29, 0.717) is 28.2 Å². The number of carbonyl (C=O) groups excluding carboxylic acids is 1. The molecule has 4 aromatic rings. The molecule has 0 radical (unpaired) electrons. The highest BCUT2D eigenvalue weighted by atomic mass is 32.1. The molecule has 33 heavy (non-hydrogen) atoms. The Balaban J connectivity index is 1.64. The number of aromatic nitrogens is 1. The molecule has 0 aliphatic rings. The van der Waals surface area contributed by atoms with Crippen LogP contribution in [0.4, 0.5) is 10.1 Å². The zero-order valence-electron chi connectivity index (χ0n) is 17.7. The second-order valence-corrected chi connectivity index (χ2v) is 8.90. The van der Waals surface area contributed by atoms with Crippen molar-refractivity contribution >= 4 is 38.7 Å². The Morgan fingerprint density at radius 1 is 1.09 bits per heavy atom. The first-order chi connectivity index (χ1) is 15.9. The molecule has 0 saturated heterocycles. The molecule has 0 atom stereocenters. The molecule has 2 aromatic heterocycles. The number of anilines is 1. The summed E-state index contributed by atoms with van der Waals surface area (Å²) < 4.78 is 11.6. The van der Waals surface area contributed by atoms with Gasteiger partial charge in [-0.05, 0) is 61.9 Å². The van der Waals surface area contributed by atoms with E-state index in [4.69, 9.17) is 9.47 Å². The summed E-state index contributed by atoms with van der Waals surface area (Å²) in [6.45, 7) is 4.45. The first-order valence-electron chi connectivity index (χ1n) is 9.97. The maximum absolute atomic E-state index is 12.6. The maximum atomic E-state index is 12.6. The van der Waals surface area contributed by atoms with E-state index in [0.717, 1.165) is 28.2 Å². The molecule has 0 fully saturated rings. The fourth-order valence-electron chi connectivity index (χ4n) is 2.98. The van der Waals surface area contributed by atoms with Crippen molar-refractivity contribution in [2.24, 2.45) is 0 Å². The van der Waals surface area contributed by atoms with Gasteiger partial charge in [0.2, 0.25) is 5.06 Å². The van der Waals surface area contributed by atoms with Crippen molar-refractivity contribution in [1.82, 2.24) is 4.98 Å². The Labute approximate surface area is 197 Å². The molecular formula is C23H19N3O5S2. The second kappa shape index (κ2) is 9.80. The van der Waals surface area contributed by atoms with E-state index in [1.807, 2.05) is 62.4 Å². The van der Waals surface area contributed by atoms with Gasteiger partial charge in [0.15, 0.2) is 5.13 Å². The molecule has 0 saturated carbocycles. The molecule has 168 valence electrons. The van der Waals surface area contributed by atoms with Crippen LogP contribution in [0.3, 0.4) is 0 Å². The zero-order chi connectivity index (χ0) is 23.4. The van der Waals surface area contributed by atoms with Crippen molar-refractivity contribution < 1.29 is 19.2 Å². The van der Waals surface area contributed by atoms with Gasteiger partial charge in [0.05, 0.1) is 16.4 Å². The quantitative estimate of drug-likeness (QED) is 0.227. The number of benzene rings is 2. The monoisotopic (exact) mass is 481 g/mol. The lowest BCUT2D eigenvalue weighted by Crippen LogP contribution is -2.09. The van der Waals surface area contributed by atoms with Gasteiger partial charge in [-0.15, -0.1) is 0 Å². The van der Waals surface area contributed by atoms with E-state index in [1.54, 1.807) is 0 Å². The van der Waals surface area contributed by atoms with E-state index < -0.39 is 10.8 Å². The summed E-state index contributed by atoms with van der Waals surface area (Å²) in [4.78, 5) is 27.8. The third-order valence-corrected chi connectivity index (χ3v) is 6.34. The largest absolute Gasteiger partial charge is 0.494 e. The molecule has 8 nitrogen and oxygen atoms in total. The van der Waals surface area contributed by atoms with Crippen LogP contribution in [0.5, 0.6) is 16.6 Å². The zero-order valence-corrected chi connectivity index (χ0v) is 19.4. The average Bonchev–Trinajstić information content (AvgIpc) is 3.42. The fraction of sp³-hybridized carbons (Fsp3) is 0.130. The third kappa shape index (κ3) is 5.36. The van der Waals surface area contributed by atoms with Crippen LogP contribution in [0.2, 0.25) is 0 Å². The van der Waals surface area contributed by atoms with E-state index in [9.17, 15) is 14.9 Å². The van der Waals surface area contributed by atoms with E-state index >= 15 is 0 Å². The summed E-state index contributed by atoms with van der Waals surface area (Å²) in [5.41, 5.74) is 2.41. The first-order valence-corrected chi connectivity index (χ1v) is 11.6. The molecule has 0 unspecified atom stereocenters. The number of amides is 1. The van der Waals surface area contributed by atoms with Gasteiger partial charge in [0, 0.05) is 11.6 Å². The SMILES string of the molecule is CCOc1ccc(-c2nc(NC(=O)c3ccc([N+](=O)[O-])s3)sc2Oc2cccc(C)c2)cc1. The third-order valence-electron chi connectivity index (χ3n) is 4.45. The van der Waals surface area contributed by atoms with Gasteiger partial charge in [-0.2, -0.15) is 0 Å². The van der Waals surface area contributed by atoms with Crippen LogP contribution in [0, 0.1) is 17.0 Å². The Bertz CT molecular complexity index is 1300. The fourth-order valence-corrected chi connectivity index (χ4v) is 4.55. The molecule has 0 aliphatic carbocycles. The van der Waals surface area contributed by atoms with Crippen molar-refractivity contribution in [1.29, 1.82) is 0 Å². The molecule has 0 spiro atoms. The molecular weight excluding hydrogens is 462 g/mol. The van der Waals surface area contributed by atoms with Crippen LogP contribution in [-0.4, -0.2) is 22.4 Å². The summed E-state index contributed by atoms with van der Waals surface area (Å²) in [6, 6.07) is 17.8. The van der Waals surface area contributed by atoms with Crippen molar-refractivity contribution in [3.63, 3.8) is 0 Å². The highest BCUT2D eigenvalue weighted by molar-refractivity contribution is 7.19. The highest BCUT2D eigenvalue weighted by Crippen LogP contribution is 2.41. The summed E-state index contributed by atoms with van der Waals surface area (Å²) in [6.07, 6.45) is 0. The Hall–Kier alpha value is -3.76. The number of thiophene rings is 1. The van der Waals surface area contributed by atoms with Crippen molar-refractivity contribution in [3.8, 4) is 27.8 Å². The number of rotatable bonds is 8. The highest BCUT2D eigenvalue weighted by Gasteiger charge is 2.20. The number of ether oxygens (including phenoxy) is 2. The number of carbonyl (C=O) groups is 1. The van der Waals surface area contributed by atoms with Crippen molar-refractivity contribution in [2.75, 3.05) is 11.9 Å². The molecule has 1 N–H and O–H groups in total. The number of nitro groups is 1. The van der Waals surface area contributed by atoms with Crippen LogP contribution in [0.25, 0.3) is 11.3 Å². The van der Waals surface area contributed by atoms with Crippen molar-refractivity contribution in [2.45, 2.75) is 13.8 Å². The number of nitrogens with zero attached hydrogens (tertiary/aromatic N) is 2. The molecule has 0 aliphatic heterocycles. The normalized spacial score (nSPS) is 10.6. The minimum Gasteiger partial charge on any atom is -0.494 e. The van der Waals surface area contributed by atoms with Crippen LogP contribution in [-0.2, 0) is 0 Å². The van der Waals surface area contributed by atoms with E-state index in [1.165, 1.54) is 23.5 Å². The lowest BCUT2D eigenvalue weighted by atomic mass is 10.1. The molecule has 10 heteroatoms. The number of nitrogens with one attached hydrogen (secondary N) is 1. The summed E-state index contributed by atoms with van der Waals surface area (Å²) >= 11 is 1.99. The summed E-state index contributed by atoms with van der Waals surface area (Å²) in [7, 11) is 0. The Morgan fingerprint density at radius 2 is 1.88 bits per heavy atom. The van der Waals surface area contributed by atoms with E-state index in [-0.39, 0.29) is 9.88 Å². The number of thiazole rings is 1. The predicted octanol–water partition coefficient (Wildman–Crippen LogP) is 6.53. The predicted molar refractivity (Wildman–Crippen MR) is 129 cm³/mol. The van der Waals surface area contributed by atoms with Gasteiger partial charge in [-0.25, -0.2) is 4.98 Å². The number of hydrogen-bond acceptors (Lipinski definition) is 8. The van der Waals surface area contributed by atoms with E-state index in [2.05, 4.69) is 10.3 Å². The number of hydrogen-bond donors (Lipinski definition) is 1. The molecule has 2 aromatic carbocycles. The smallest absolute Gasteiger partial charge is 0.324 e.